The van der Waals surface area contributed by atoms with Gasteiger partial charge in [-0.05, 0) is 69.0 Å². The molecule has 2 aliphatic rings. The van der Waals surface area contributed by atoms with Crippen LogP contribution in [-0.4, -0.2) is 43.5 Å². The van der Waals surface area contributed by atoms with Crippen molar-refractivity contribution in [3.63, 3.8) is 0 Å². The molecule has 1 N–H and O–H groups in total. The fraction of sp³-hybridized carbons (Fsp3) is 0.522. The van der Waals surface area contributed by atoms with Gasteiger partial charge in [-0.3, -0.25) is 9.69 Å². The highest BCUT2D eigenvalue weighted by atomic mass is 16.3. The minimum atomic E-state index is 0.154. The average molecular weight is 382 g/mol. The molecular formula is C23H31N3O2. The molecule has 2 saturated heterocycles. The Morgan fingerprint density at radius 3 is 2.68 bits per heavy atom. The van der Waals surface area contributed by atoms with Gasteiger partial charge in [0.2, 0.25) is 5.91 Å². The summed E-state index contributed by atoms with van der Waals surface area (Å²) in [6, 6.07) is 12.5. The largest absolute Gasteiger partial charge is 0.468 e. The van der Waals surface area contributed by atoms with Crippen LogP contribution in [0.15, 0.2) is 47.1 Å². The summed E-state index contributed by atoms with van der Waals surface area (Å²) in [4.78, 5) is 17.5. The number of carbonyl (C=O) groups is 1. The zero-order chi connectivity index (χ0) is 19.3. The molecule has 1 amide bonds. The zero-order valence-electron chi connectivity index (χ0n) is 16.8. The van der Waals surface area contributed by atoms with Crippen molar-refractivity contribution in [2.24, 2.45) is 11.8 Å². The molecule has 4 rings (SSSR count). The lowest BCUT2D eigenvalue weighted by atomic mass is 9.95. The Hall–Kier alpha value is -2.27. The molecule has 28 heavy (non-hydrogen) atoms. The van der Waals surface area contributed by atoms with E-state index in [1.54, 1.807) is 6.26 Å². The van der Waals surface area contributed by atoms with E-state index >= 15 is 0 Å². The fourth-order valence-electron chi connectivity index (χ4n) is 4.50. The summed E-state index contributed by atoms with van der Waals surface area (Å²) in [5.41, 5.74) is 2.66. The van der Waals surface area contributed by atoms with Crippen LogP contribution in [0.4, 0.5) is 5.69 Å². The molecule has 0 radical (unpaired) electrons. The first kappa shape index (κ1) is 19.1. The topological polar surface area (TPSA) is 48.7 Å². The smallest absolute Gasteiger partial charge is 0.223 e. The van der Waals surface area contributed by atoms with Gasteiger partial charge < -0.3 is 14.6 Å². The van der Waals surface area contributed by atoms with E-state index in [0.29, 0.717) is 5.92 Å². The quantitative estimate of drug-likeness (QED) is 0.833. The molecule has 2 aromatic rings. The van der Waals surface area contributed by atoms with E-state index in [2.05, 4.69) is 46.3 Å². The molecule has 0 bridgehead atoms. The number of benzene rings is 1. The summed E-state index contributed by atoms with van der Waals surface area (Å²) in [7, 11) is 0. The third-order valence-electron chi connectivity index (χ3n) is 6.22. The van der Waals surface area contributed by atoms with Crippen LogP contribution in [-0.2, 0) is 11.3 Å². The molecule has 2 fully saturated rings. The maximum absolute atomic E-state index is 12.6. The van der Waals surface area contributed by atoms with E-state index in [0.717, 1.165) is 64.3 Å². The highest BCUT2D eigenvalue weighted by Crippen LogP contribution is 2.26. The monoisotopic (exact) mass is 381 g/mol. The van der Waals surface area contributed by atoms with Gasteiger partial charge in [0.25, 0.3) is 0 Å². The summed E-state index contributed by atoms with van der Waals surface area (Å²) in [6.45, 7) is 7.85. The molecule has 0 saturated carbocycles. The van der Waals surface area contributed by atoms with Crippen molar-refractivity contribution in [3.8, 4) is 0 Å². The van der Waals surface area contributed by atoms with Crippen LogP contribution in [0.25, 0.3) is 0 Å². The van der Waals surface area contributed by atoms with Gasteiger partial charge in [0, 0.05) is 31.2 Å². The predicted octanol–water partition coefficient (Wildman–Crippen LogP) is 3.44. The average Bonchev–Trinajstić information content (AvgIpc) is 3.39. The molecule has 0 spiro atoms. The van der Waals surface area contributed by atoms with Gasteiger partial charge in [-0.2, -0.15) is 0 Å². The summed E-state index contributed by atoms with van der Waals surface area (Å²) in [5.74, 6) is 1.94. The van der Waals surface area contributed by atoms with Crippen molar-refractivity contribution in [3.05, 3.63) is 54.0 Å². The van der Waals surface area contributed by atoms with Crippen LogP contribution in [0.5, 0.6) is 0 Å². The van der Waals surface area contributed by atoms with Crippen LogP contribution < -0.4 is 10.2 Å². The number of para-hydroxylation sites is 1. The maximum atomic E-state index is 12.6. The zero-order valence-corrected chi connectivity index (χ0v) is 16.8. The molecule has 0 aliphatic carbocycles. The van der Waals surface area contributed by atoms with Crippen molar-refractivity contribution in [2.45, 2.75) is 32.7 Å². The minimum Gasteiger partial charge on any atom is -0.468 e. The highest BCUT2D eigenvalue weighted by molar-refractivity contribution is 5.78. The number of nitrogens with one attached hydrogen (secondary N) is 1. The van der Waals surface area contributed by atoms with Crippen LogP contribution in [0.1, 0.15) is 30.6 Å². The van der Waals surface area contributed by atoms with Crippen molar-refractivity contribution >= 4 is 11.6 Å². The number of furan rings is 1. The number of rotatable bonds is 6. The second-order valence-electron chi connectivity index (χ2n) is 8.26. The first-order valence-corrected chi connectivity index (χ1v) is 10.5. The number of hydrogen-bond acceptors (Lipinski definition) is 4. The fourth-order valence-corrected chi connectivity index (χ4v) is 4.50. The van der Waals surface area contributed by atoms with Crippen molar-refractivity contribution in [1.29, 1.82) is 0 Å². The van der Waals surface area contributed by atoms with Crippen LogP contribution >= 0.6 is 0 Å². The number of anilines is 1. The number of hydrogen-bond donors (Lipinski definition) is 1. The molecule has 0 unspecified atom stereocenters. The number of piperidine rings is 1. The second-order valence-corrected chi connectivity index (χ2v) is 8.26. The van der Waals surface area contributed by atoms with Crippen LogP contribution in [0.2, 0.25) is 0 Å². The molecular weight excluding hydrogens is 350 g/mol. The van der Waals surface area contributed by atoms with Gasteiger partial charge in [0.1, 0.15) is 5.76 Å². The van der Waals surface area contributed by atoms with Crippen LogP contribution in [0, 0.1) is 18.8 Å². The number of nitrogens with zero attached hydrogens (tertiary/aromatic N) is 2. The molecule has 3 heterocycles. The lowest BCUT2D eigenvalue weighted by molar-refractivity contribution is -0.126. The summed E-state index contributed by atoms with van der Waals surface area (Å²) in [6.07, 6.45) is 4.74. The van der Waals surface area contributed by atoms with Gasteiger partial charge in [0.05, 0.1) is 12.8 Å². The highest BCUT2D eigenvalue weighted by Gasteiger charge is 2.28. The lowest BCUT2D eigenvalue weighted by Gasteiger charge is -2.30. The molecule has 1 aromatic heterocycles. The Bertz CT molecular complexity index is 766. The standard InChI is InChI=1S/C23H31N3O2/c1-18-5-2-3-7-22(18)26-13-8-19(16-26)15-24-23(27)20-9-11-25(12-10-20)17-21-6-4-14-28-21/h2-7,14,19-20H,8-13,15-17H2,1H3,(H,24,27)/t19-/m1/s1. The predicted molar refractivity (Wildman–Crippen MR) is 111 cm³/mol. The summed E-state index contributed by atoms with van der Waals surface area (Å²) < 4.78 is 5.43. The molecule has 5 nitrogen and oxygen atoms in total. The van der Waals surface area contributed by atoms with Crippen molar-refractivity contribution in [2.75, 3.05) is 37.6 Å². The number of likely N-dealkylation sites (tertiary alicyclic amines) is 1. The number of carbonyl (C=O) groups excluding carboxylic acids is 1. The van der Waals surface area contributed by atoms with Crippen molar-refractivity contribution in [1.82, 2.24) is 10.2 Å². The Labute approximate surface area is 167 Å². The third-order valence-corrected chi connectivity index (χ3v) is 6.22. The van der Waals surface area contributed by atoms with Crippen LogP contribution in [0.3, 0.4) is 0 Å². The SMILES string of the molecule is Cc1ccccc1N1CC[C@H](CNC(=O)C2CCN(Cc3ccco3)CC2)C1. The number of aryl methyl sites for hydroxylation is 1. The van der Waals surface area contributed by atoms with Gasteiger partial charge in [0.15, 0.2) is 0 Å². The summed E-state index contributed by atoms with van der Waals surface area (Å²) in [5, 5.41) is 3.24. The second kappa shape index (κ2) is 8.82. The number of amides is 1. The van der Waals surface area contributed by atoms with Gasteiger partial charge in [-0.1, -0.05) is 18.2 Å². The Morgan fingerprint density at radius 1 is 1.11 bits per heavy atom. The first-order valence-electron chi connectivity index (χ1n) is 10.5. The van der Waals surface area contributed by atoms with E-state index in [-0.39, 0.29) is 11.8 Å². The normalized spacial score (nSPS) is 21.2. The van der Waals surface area contributed by atoms with E-state index in [4.69, 9.17) is 4.42 Å². The van der Waals surface area contributed by atoms with E-state index < -0.39 is 0 Å². The molecule has 5 heteroatoms. The lowest BCUT2D eigenvalue weighted by Crippen LogP contribution is -2.41. The maximum Gasteiger partial charge on any atom is 0.223 e. The van der Waals surface area contributed by atoms with Gasteiger partial charge in [-0.15, -0.1) is 0 Å². The summed E-state index contributed by atoms with van der Waals surface area (Å²) >= 11 is 0. The Balaban J connectivity index is 1.19. The van der Waals surface area contributed by atoms with Gasteiger partial charge >= 0.3 is 0 Å². The molecule has 1 aromatic carbocycles. The molecule has 150 valence electrons. The van der Waals surface area contributed by atoms with Gasteiger partial charge in [-0.25, -0.2) is 0 Å². The third kappa shape index (κ3) is 4.58. The Kier molecular flexibility index (Phi) is 6.01. The Morgan fingerprint density at radius 2 is 1.93 bits per heavy atom. The molecule has 1 atom stereocenters. The first-order chi connectivity index (χ1) is 13.7. The van der Waals surface area contributed by atoms with E-state index in [1.807, 2.05) is 12.1 Å². The van der Waals surface area contributed by atoms with E-state index in [1.165, 1.54) is 11.3 Å². The van der Waals surface area contributed by atoms with E-state index in [9.17, 15) is 4.79 Å². The molecule has 2 aliphatic heterocycles. The minimum absolute atomic E-state index is 0.154. The van der Waals surface area contributed by atoms with Crippen molar-refractivity contribution < 1.29 is 9.21 Å².